The third-order valence-corrected chi connectivity index (χ3v) is 8.03. The number of hydrogen-bond acceptors (Lipinski definition) is 5. The van der Waals surface area contributed by atoms with Crippen molar-refractivity contribution < 1.29 is 9.59 Å². The Balaban J connectivity index is 1.50. The number of thiazole rings is 1. The summed E-state index contributed by atoms with van der Waals surface area (Å²) in [7, 11) is 0. The Kier molecular flexibility index (Phi) is 6.82. The van der Waals surface area contributed by atoms with Gasteiger partial charge in [0, 0.05) is 22.5 Å². The first-order chi connectivity index (χ1) is 16.5. The number of benzene rings is 2. The summed E-state index contributed by atoms with van der Waals surface area (Å²) >= 11 is 7.72. The number of halogens is 1. The van der Waals surface area contributed by atoms with Gasteiger partial charge in [-0.15, -0.1) is 11.3 Å². The number of carbonyl (C=O) groups is 2. The van der Waals surface area contributed by atoms with Crippen molar-refractivity contribution >= 4 is 34.6 Å². The molecule has 176 valence electrons. The molecule has 1 amide bonds. The molecule has 5 rings (SSSR count). The van der Waals surface area contributed by atoms with Gasteiger partial charge in [-0.25, -0.2) is 4.98 Å². The summed E-state index contributed by atoms with van der Waals surface area (Å²) in [6.45, 7) is 2.88. The maximum absolute atomic E-state index is 14.1. The molecular weight excluding hydrogens is 466 g/mol. The van der Waals surface area contributed by atoms with Gasteiger partial charge in [0.1, 0.15) is 11.7 Å². The van der Waals surface area contributed by atoms with E-state index in [1.165, 1.54) is 5.56 Å². The van der Waals surface area contributed by atoms with Crippen LogP contribution in [0, 0.1) is 6.92 Å². The van der Waals surface area contributed by atoms with Gasteiger partial charge in [-0.1, -0.05) is 53.9 Å². The Hall–Kier alpha value is -2.54. The van der Waals surface area contributed by atoms with Crippen LogP contribution in [0.1, 0.15) is 69.4 Å². The highest BCUT2D eigenvalue weighted by atomic mass is 35.5. The maximum atomic E-state index is 14.1. The molecule has 1 aliphatic carbocycles. The Morgan fingerprint density at radius 3 is 2.59 bits per heavy atom. The highest BCUT2D eigenvalue weighted by Crippen LogP contribution is 2.45. The Bertz CT molecular complexity index is 1200. The van der Waals surface area contributed by atoms with Gasteiger partial charge in [0.05, 0.1) is 9.88 Å². The lowest BCUT2D eigenvalue weighted by Crippen LogP contribution is -2.55. The molecule has 1 aliphatic heterocycles. The first kappa shape index (κ1) is 23.2. The molecule has 2 N–H and O–H groups in total. The predicted molar refractivity (Wildman–Crippen MR) is 137 cm³/mol. The molecule has 3 aromatic rings. The third-order valence-electron chi connectivity index (χ3n) is 6.52. The van der Waals surface area contributed by atoms with Crippen LogP contribution in [0.15, 0.2) is 48.5 Å². The minimum Gasteiger partial charge on any atom is -0.340 e. The number of aryl methyl sites for hydroxylation is 1. The van der Waals surface area contributed by atoms with Crippen LogP contribution in [0.3, 0.4) is 0 Å². The second kappa shape index (κ2) is 9.98. The number of Topliss-reactive ketones (excluding diaryl/α,β-unsaturated/α-hetero) is 1. The van der Waals surface area contributed by atoms with E-state index in [2.05, 4.69) is 34.9 Å². The fourth-order valence-corrected chi connectivity index (χ4v) is 5.86. The number of ketones is 1. The van der Waals surface area contributed by atoms with Crippen molar-refractivity contribution in [3.8, 4) is 10.4 Å². The molecule has 1 saturated carbocycles. The quantitative estimate of drug-likeness (QED) is 0.410. The van der Waals surface area contributed by atoms with Gasteiger partial charge < -0.3 is 10.6 Å². The van der Waals surface area contributed by atoms with Gasteiger partial charge in [0.15, 0.2) is 0 Å². The van der Waals surface area contributed by atoms with E-state index in [0.717, 1.165) is 54.1 Å². The van der Waals surface area contributed by atoms with Crippen LogP contribution in [-0.2, 0) is 0 Å². The van der Waals surface area contributed by atoms with Crippen LogP contribution in [0.5, 0.6) is 0 Å². The molecule has 34 heavy (non-hydrogen) atoms. The zero-order valence-corrected chi connectivity index (χ0v) is 20.7. The molecule has 2 heterocycles. The topological polar surface area (TPSA) is 71.1 Å². The first-order valence-electron chi connectivity index (χ1n) is 11.9. The molecule has 2 fully saturated rings. The van der Waals surface area contributed by atoms with Crippen LogP contribution in [-0.4, -0.2) is 35.3 Å². The van der Waals surface area contributed by atoms with E-state index in [1.54, 1.807) is 35.6 Å². The van der Waals surface area contributed by atoms with Gasteiger partial charge in [-0.2, -0.15) is 0 Å². The van der Waals surface area contributed by atoms with Crippen molar-refractivity contribution in [1.29, 1.82) is 0 Å². The Morgan fingerprint density at radius 2 is 1.91 bits per heavy atom. The van der Waals surface area contributed by atoms with E-state index in [4.69, 9.17) is 16.6 Å². The summed E-state index contributed by atoms with van der Waals surface area (Å²) in [5.41, 5.74) is 3.08. The molecular formula is C27H28ClN3O2S. The predicted octanol–water partition coefficient (Wildman–Crippen LogP) is 5.77. The second-order valence-electron chi connectivity index (χ2n) is 9.25. The number of piperidine rings is 1. The zero-order chi connectivity index (χ0) is 23.7. The molecule has 1 aromatic heterocycles. The fraction of sp³-hybridized carbons (Fsp3) is 0.370. The van der Waals surface area contributed by atoms with E-state index in [9.17, 15) is 9.59 Å². The largest absolute Gasteiger partial charge is 0.340 e. The molecule has 7 heteroatoms. The molecule has 1 saturated heterocycles. The maximum Gasteiger partial charge on any atom is 0.251 e. The number of nitrogens with one attached hydrogen (secondary N) is 2. The lowest BCUT2D eigenvalue weighted by molar-refractivity contribution is 0.0823. The molecule has 2 unspecified atom stereocenters. The van der Waals surface area contributed by atoms with Crippen molar-refractivity contribution in [1.82, 2.24) is 15.6 Å². The van der Waals surface area contributed by atoms with Crippen molar-refractivity contribution in [3.63, 3.8) is 0 Å². The highest BCUT2D eigenvalue weighted by molar-refractivity contribution is 7.15. The summed E-state index contributed by atoms with van der Waals surface area (Å²) in [5, 5.41) is 8.00. The standard InChI is InChI=1S/C27H28ClN3O2S/c1-16-8-10-17(11-9-16)25-23(31-27(34-25)18-12-13-18)24(32)22(21-7-2-3-14-29-21)30-26(33)19-5-4-6-20(28)15-19/h4-6,8-11,15,18,21-22,29H,2-3,7,12-14H2,1H3,(H,30,33). The third kappa shape index (κ3) is 5.09. The second-order valence-corrected chi connectivity index (χ2v) is 10.7. The molecule has 0 bridgehead atoms. The number of rotatable bonds is 7. The molecule has 2 aliphatic rings. The minimum absolute atomic E-state index is 0.131. The van der Waals surface area contributed by atoms with Crippen LogP contribution in [0.4, 0.5) is 0 Å². The van der Waals surface area contributed by atoms with Crippen LogP contribution >= 0.6 is 22.9 Å². The summed E-state index contributed by atoms with van der Waals surface area (Å²) in [6.07, 6.45) is 5.15. The highest BCUT2D eigenvalue weighted by Gasteiger charge is 2.36. The van der Waals surface area contributed by atoms with Crippen molar-refractivity contribution in [2.75, 3.05) is 6.54 Å². The summed E-state index contributed by atoms with van der Waals surface area (Å²) in [5.74, 6) is 0.0133. The van der Waals surface area contributed by atoms with Gasteiger partial charge in [0.25, 0.3) is 5.91 Å². The fourth-order valence-electron chi connectivity index (χ4n) is 4.42. The normalized spacial score (nSPS) is 18.9. The van der Waals surface area contributed by atoms with E-state index >= 15 is 0 Å². The van der Waals surface area contributed by atoms with Crippen LogP contribution < -0.4 is 10.6 Å². The SMILES string of the molecule is Cc1ccc(-c2sc(C3CC3)nc2C(=O)C(NC(=O)c2cccc(Cl)c2)C2CCCCN2)cc1. The van der Waals surface area contributed by atoms with Crippen molar-refractivity contribution in [2.24, 2.45) is 0 Å². The van der Waals surface area contributed by atoms with Crippen molar-refractivity contribution in [3.05, 3.63) is 75.4 Å². The van der Waals surface area contributed by atoms with Gasteiger partial charge in [0.2, 0.25) is 5.78 Å². The lowest BCUT2D eigenvalue weighted by Gasteiger charge is -2.31. The van der Waals surface area contributed by atoms with Crippen LogP contribution in [0.2, 0.25) is 5.02 Å². The number of amides is 1. The molecule has 2 atom stereocenters. The molecule has 0 radical (unpaired) electrons. The smallest absolute Gasteiger partial charge is 0.251 e. The number of nitrogens with zero attached hydrogens (tertiary/aromatic N) is 1. The summed E-state index contributed by atoms with van der Waals surface area (Å²) in [4.78, 5) is 32.9. The van der Waals surface area contributed by atoms with Crippen molar-refractivity contribution in [2.45, 2.75) is 57.0 Å². The number of hydrogen-bond donors (Lipinski definition) is 2. The average molecular weight is 494 g/mol. The van der Waals surface area contributed by atoms with E-state index in [-0.39, 0.29) is 17.7 Å². The van der Waals surface area contributed by atoms with Gasteiger partial charge in [-0.05, 0) is 62.9 Å². The van der Waals surface area contributed by atoms with E-state index in [0.29, 0.717) is 22.2 Å². The first-order valence-corrected chi connectivity index (χ1v) is 13.1. The Labute approximate surface area is 208 Å². The number of carbonyl (C=O) groups excluding carboxylic acids is 2. The monoisotopic (exact) mass is 493 g/mol. The zero-order valence-electron chi connectivity index (χ0n) is 19.1. The summed E-state index contributed by atoms with van der Waals surface area (Å²) in [6, 6.07) is 14.2. The summed E-state index contributed by atoms with van der Waals surface area (Å²) < 4.78 is 0. The van der Waals surface area contributed by atoms with Gasteiger partial charge in [-0.3, -0.25) is 9.59 Å². The molecule has 5 nitrogen and oxygen atoms in total. The van der Waals surface area contributed by atoms with Crippen LogP contribution in [0.25, 0.3) is 10.4 Å². The van der Waals surface area contributed by atoms with E-state index < -0.39 is 6.04 Å². The van der Waals surface area contributed by atoms with Gasteiger partial charge >= 0.3 is 0 Å². The molecule has 2 aromatic carbocycles. The average Bonchev–Trinajstić information content (AvgIpc) is 3.61. The minimum atomic E-state index is -0.704. The number of aromatic nitrogens is 1. The van der Waals surface area contributed by atoms with E-state index in [1.807, 2.05) is 6.92 Å². The Morgan fingerprint density at radius 1 is 1.12 bits per heavy atom. The lowest BCUT2D eigenvalue weighted by atomic mass is 9.92. The molecule has 0 spiro atoms.